The predicted molar refractivity (Wildman–Crippen MR) is 129 cm³/mol. The van der Waals surface area contributed by atoms with Crippen LogP contribution in [-0.4, -0.2) is 59.5 Å². The number of amides is 3. The fourth-order valence-corrected chi connectivity index (χ4v) is 3.95. The first-order chi connectivity index (χ1) is 16.1. The Morgan fingerprint density at radius 3 is 2.21 bits per heavy atom. The molecule has 5 N–H and O–H groups in total. The Labute approximate surface area is 201 Å². The minimum absolute atomic E-state index is 0.189. The summed E-state index contributed by atoms with van der Waals surface area (Å²) in [5, 5.41) is 20.9. The van der Waals surface area contributed by atoms with Crippen LogP contribution in [0.3, 0.4) is 0 Å². The Kier molecular flexibility index (Phi) is 10.5. The van der Waals surface area contributed by atoms with Crippen LogP contribution in [-0.2, 0) is 25.6 Å². The van der Waals surface area contributed by atoms with Crippen molar-refractivity contribution in [3.63, 3.8) is 0 Å². The molecule has 34 heavy (non-hydrogen) atoms. The zero-order valence-corrected chi connectivity index (χ0v) is 20.5. The number of carboxylic acid groups (broad SMARTS) is 1. The highest BCUT2D eigenvalue weighted by Crippen LogP contribution is 2.12. The van der Waals surface area contributed by atoms with Gasteiger partial charge in [-0.1, -0.05) is 64.4 Å². The lowest BCUT2D eigenvalue weighted by molar-refractivity contribution is -0.143. The molecule has 1 aliphatic rings. The van der Waals surface area contributed by atoms with E-state index in [-0.39, 0.29) is 30.2 Å². The fourth-order valence-electron chi connectivity index (χ4n) is 3.95. The van der Waals surface area contributed by atoms with Gasteiger partial charge < -0.3 is 26.4 Å². The van der Waals surface area contributed by atoms with Crippen LogP contribution in [0, 0.1) is 11.8 Å². The number of hydrogen-bond donors (Lipinski definition) is 5. The zero-order valence-electron chi connectivity index (χ0n) is 20.5. The van der Waals surface area contributed by atoms with Crippen LogP contribution in [0.1, 0.15) is 52.5 Å². The molecule has 1 aromatic carbocycles. The van der Waals surface area contributed by atoms with Gasteiger partial charge in [0, 0.05) is 6.42 Å². The van der Waals surface area contributed by atoms with Gasteiger partial charge in [0.05, 0.1) is 6.04 Å². The molecular weight excluding hydrogens is 436 g/mol. The number of benzene rings is 1. The van der Waals surface area contributed by atoms with Crippen LogP contribution in [0.2, 0.25) is 0 Å². The number of carbonyl (C=O) groups excluding carboxylic acids is 3. The van der Waals surface area contributed by atoms with Gasteiger partial charge in [0.15, 0.2) is 0 Å². The molecule has 0 saturated carbocycles. The molecule has 1 fully saturated rings. The van der Waals surface area contributed by atoms with Crippen molar-refractivity contribution in [1.29, 1.82) is 0 Å². The number of rotatable bonds is 12. The first-order valence-corrected chi connectivity index (χ1v) is 12.0. The van der Waals surface area contributed by atoms with Crippen molar-refractivity contribution in [1.82, 2.24) is 21.3 Å². The van der Waals surface area contributed by atoms with E-state index in [9.17, 15) is 24.3 Å². The van der Waals surface area contributed by atoms with Gasteiger partial charge in [-0.05, 0) is 36.8 Å². The third kappa shape index (κ3) is 7.83. The summed E-state index contributed by atoms with van der Waals surface area (Å²) in [4.78, 5) is 50.7. The molecule has 0 radical (unpaired) electrons. The van der Waals surface area contributed by atoms with Gasteiger partial charge in [-0.25, -0.2) is 4.79 Å². The minimum atomic E-state index is -1.12. The average Bonchev–Trinajstić information content (AvgIpc) is 3.35. The molecule has 0 aromatic heterocycles. The molecular formula is C25H38N4O5. The molecule has 5 unspecified atom stereocenters. The number of aliphatic carboxylic acids is 1. The Bertz CT molecular complexity index is 839. The summed E-state index contributed by atoms with van der Waals surface area (Å²) in [6.07, 6.45) is 2.37. The van der Waals surface area contributed by atoms with Crippen molar-refractivity contribution in [3.05, 3.63) is 35.9 Å². The lowest BCUT2D eigenvalue weighted by atomic mass is 9.97. The molecule has 188 valence electrons. The van der Waals surface area contributed by atoms with E-state index in [1.165, 1.54) is 0 Å². The van der Waals surface area contributed by atoms with Crippen molar-refractivity contribution in [2.75, 3.05) is 6.54 Å². The van der Waals surface area contributed by atoms with Gasteiger partial charge in [0.25, 0.3) is 0 Å². The molecule has 1 saturated heterocycles. The summed E-state index contributed by atoms with van der Waals surface area (Å²) in [5.41, 5.74) is 0.818. The van der Waals surface area contributed by atoms with Crippen molar-refractivity contribution in [2.45, 2.75) is 77.5 Å². The zero-order chi connectivity index (χ0) is 25.3. The maximum atomic E-state index is 13.2. The summed E-state index contributed by atoms with van der Waals surface area (Å²) >= 11 is 0. The maximum Gasteiger partial charge on any atom is 0.326 e. The van der Waals surface area contributed by atoms with Crippen LogP contribution in [0.4, 0.5) is 0 Å². The quantitative estimate of drug-likeness (QED) is 0.309. The van der Waals surface area contributed by atoms with E-state index >= 15 is 0 Å². The molecule has 1 aromatic rings. The molecule has 0 spiro atoms. The smallest absolute Gasteiger partial charge is 0.326 e. The molecule has 2 rings (SSSR count). The molecule has 9 heteroatoms. The second-order valence-corrected chi connectivity index (χ2v) is 9.34. The summed E-state index contributed by atoms with van der Waals surface area (Å²) in [5.74, 6) is -2.90. The van der Waals surface area contributed by atoms with E-state index < -0.39 is 35.9 Å². The molecule has 1 aliphatic heterocycles. The highest BCUT2D eigenvalue weighted by atomic mass is 16.4. The summed E-state index contributed by atoms with van der Waals surface area (Å²) in [7, 11) is 0. The van der Waals surface area contributed by atoms with Crippen LogP contribution < -0.4 is 21.3 Å². The Morgan fingerprint density at radius 2 is 1.68 bits per heavy atom. The topological polar surface area (TPSA) is 137 Å². The van der Waals surface area contributed by atoms with Crippen LogP contribution in [0.25, 0.3) is 0 Å². The Hall–Kier alpha value is -2.94. The Morgan fingerprint density at radius 1 is 1.00 bits per heavy atom. The van der Waals surface area contributed by atoms with Crippen molar-refractivity contribution < 1.29 is 24.3 Å². The van der Waals surface area contributed by atoms with Crippen LogP contribution >= 0.6 is 0 Å². The molecule has 0 aliphatic carbocycles. The summed E-state index contributed by atoms with van der Waals surface area (Å²) in [6, 6.07) is 5.96. The third-order valence-electron chi connectivity index (χ3n) is 6.32. The highest BCUT2D eigenvalue weighted by molar-refractivity contribution is 5.94. The third-order valence-corrected chi connectivity index (χ3v) is 6.32. The summed E-state index contributed by atoms with van der Waals surface area (Å²) in [6.45, 7) is 8.01. The molecule has 5 atom stereocenters. The van der Waals surface area contributed by atoms with Gasteiger partial charge >= 0.3 is 5.97 Å². The first-order valence-electron chi connectivity index (χ1n) is 12.0. The van der Waals surface area contributed by atoms with E-state index in [0.29, 0.717) is 12.8 Å². The second kappa shape index (κ2) is 13.1. The largest absolute Gasteiger partial charge is 0.480 e. The van der Waals surface area contributed by atoms with E-state index in [4.69, 9.17) is 0 Å². The minimum Gasteiger partial charge on any atom is -0.480 e. The number of nitrogens with one attached hydrogen (secondary N) is 4. The monoisotopic (exact) mass is 474 g/mol. The predicted octanol–water partition coefficient (Wildman–Crippen LogP) is 1.22. The van der Waals surface area contributed by atoms with E-state index in [1.54, 1.807) is 6.92 Å². The van der Waals surface area contributed by atoms with Crippen molar-refractivity contribution in [2.24, 2.45) is 11.8 Å². The van der Waals surface area contributed by atoms with Crippen LogP contribution in [0.5, 0.6) is 0 Å². The molecule has 9 nitrogen and oxygen atoms in total. The van der Waals surface area contributed by atoms with Crippen molar-refractivity contribution >= 4 is 23.7 Å². The van der Waals surface area contributed by atoms with Crippen molar-refractivity contribution in [3.8, 4) is 0 Å². The SMILES string of the molecule is CCC(C)C(NC(=O)C(Cc1ccccc1)NC(=O)C(NC(=O)C1CCCN1)C(C)C)C(=O)O. The maximum absolute atomic E-state index is 13.2. The fraction of sp³-hybridized carbons (Fsp3) is 0.600. The van der Waals surface area contributed by atoms with E-state index in [1.807, 2.05) is 51.1 Å². The van der Waals surface area contributed by atoms with Gasteiger partial charge in [-0.2, -0.15) is 0 Å². The standard InChI is InChI=1S/C25H38N4O5/c1-5-16(4)21(25(33)34)29-23(31)19(14-17-10-7-6-8-11-17)27-24(32)20(15(2)3)28-22(30)18-12-9-13-26-18/h6-8,10-11,15-16,18-21,26H,5,9,12-14H2,1-4H3,(H,27,32)(H,28,30)(H,29,31)(H,33,34). The molecule has 3 amide bonds. The lowest BCUT2D eigenvalue weighted by Gasteiger charge is -2.28. The van der Waals surface area contributed by atoms with Gasteiger partial charge in [-0.15, -0.1) is 0 Å². The van der Waals surface area contributed by atoms with Gasteiger partial charge in [0.1, 0.15) is 18.1 Å². The highest BCUT2D eigenvalue weighted by Gasteiger charge is 2.33. The normalized spacial score (nSPS) is 19.0. The first kappa shape index (κ1) is 27.3. The lowest BCUT2D eigenvalue weighted by Crippen LogP contribution is -2.59. The van der Waals surface area contributed by atoms with E-state index in [0.717, 1.165) is 18.5 Å². The Balaban J connectivity index is 2.19. The summed E-state index contributed by atoms with van der Waals surface area (Å²) < 4.78 is 0. The number of hydrogen-bond acceptors (Lipinski definition) is 5. The van der Waals surface area contributed by atoms with Crippen LogP contribution in [0.15, 0.2) is 30.3 Å². The number of carbonyl (C=O) groups is 4. The van der Waals surface area contributed by atoms with E-state index in [2.05, 4.69) is 21.3 Å². The molecule has 0 bridgehead atoms. The molecule has 1 heterocycles. The number of carboxylic acids is 1. The van der Waals surface area contributed by atoms with Gasteiger partial charge in [0.2, 0.25) is 17.7 Å². The van der Waals surface area contributed by atoms with Gasteiger partial charge in [-0.3, -0.25) is 14.4 Å². The second-order valence-electron chi connectivity index (χ2n) is 9.34. The average molecular weight is 475 g/mol.